The van der Waals surface area contributed by atoms with Crippen molar-refractivity contribution in [3.05, 3.63) is 12.1 Å². The van der Waals surface area contributed by atoms with Gasteiger partial charge in [-0.3, -0.25) is 9.69 Å². The van der Waals surface area contributed by atoms with Crippen LogP contribution in [0.25, 0.3) is 5.65 Å². The maximum atomic E-state index is 12.2. The molecule has 0 bridgehead atoms. The van der Waals surface area contributed by atoms with Gasteiger partial charge in [0.2, 0.25) is 5.91 Å². The Morgan fingerprint density at radius 1 is 1.17 bits per heavy atom. The van der Waals surface area contributed by atoms with E-state index in [1.165, 1.54) is 4.63 Å². The van der Waals surface area contributed by atoms with Crippen LogP contribution in [0, 0.1) is 0 Å². The molecule has 2 aliphatic rings. The third-order valence-corrected chi connectivity index (χ3v) is 4.83. The second-order valence-electron chi connectivity index (χ2n) is 6.53. The summed E-state index contributed by atoms with van der Waals surface area (Å²) in [4.78, 5) is 16.5. The Kier molecular flexibility index (Phi) is 4.24. The van der Waals surface area contributed by atoms with Gasteiger partial charge in [0.25, 0.3) is 0 Å². The Morgan fingerprint density at radius 2 is 1.96 bits per heavy atom. The number of carbonyl (C=O) groups excluding carboxylic acids is 1. The van der Waals surface area contributed by atoms with Gasteiger partial charge in [-0.25, -0.2) is 0 Å². The molecule has 0 aromatic carbocycles. The molecule has 9 nitrogen and oxygen atoms in total. The van der Waals surface area contributed by atoms with E-state index in [0.717, 1.165) is 57.7 Å². The fourth-order valence-electron chi connectivity index (χ4n) is 3.43. The van der Waals surface area contributed by atoms with Crippen molar-refractivity contribution < 1.29 is 4.79 Å². The van der Waals surface area contributed by atoms with Crippen LogP contribution in [-0.2, 0) is 4.79 Å². The topological polar surface area (TPSA) is 91.5 Å². The molecule has 0 unspecified atom stereocenters. The molecular weight excluding hydrogens is 308 g/mol. The van der Waals surface area contributed by atoms with E-state index in [1.54, 1.807) is 0 Å². The highest BCUT2D eigenvalue weighted by Crippen LogP contribution is 2.16. The van der Waals surface area contributed by atoms with Gasteiger partial charge in [0.05, 0.1) is 6.54 Å². The van der Waals surface area contributed by atoms with E-state index >= 15 is 0 Å². The SMILES string of the molecule is O=C(CN1CCC(Nc2ccc3nnnn3n2)CC1)N1CCCC1. The summed E-state index contributed by atoms with van der Waals surface area (Å²) in [5, 5.41) is 19.0. The summed E-state index contributed by atoms with van der Waals surface area (Å²) in [5.74, 6) is 1.06. The maximum Gasteiger partial charge on any atom is 0.236 e. The summed E-state index contributed by atoms with van der Waals surface area (Å²) in [6.07, 6.45) is 4.30. The van der Waals surface area contributed by atoms with Gasteiger partial charge in [-0.1, -0.05) is 0 Å². The van der Waals surface area contributed by atoms with Crippen molar-refractivity contribution in [1.29, 1.82) is 0 Å². The number of piperidine rings is 1. The molecule has 2 aromatic rings. The number of rotatable bonds is 4. The van der Waals surface area contributed by atoms with Crippen molar-refractivity contribution in [3.63, 3.8) is 0 Å². The van der Waals surface area contributed by atoms with Gasteiger partial charge >= 0.3 is 0 Å². The lowest BCUT2D eigenvalue weighted by atomic mass is 10.1. The molecule has 4 rings (SSSR count). The van der Waals surface area contributed by atoms with Crippen LogP contribution in [-0.4, -0.2) is 79.7 Å². The molecular formula is C15H22N8O. The van der Waals surface area contributed by atoms with Crippen LogP contribution >= 0.6 is 0 Å². The predicted molar refractivity (Wildman–Crippen MR) is 87.5 cm³/mol. The van der Waals surface area contributed by atoms with Crippen LogP contribution < -0.4 is 5.32 Å². The molecule has 9 heteroatoms. The standard InChI is InChI=1S/C15H22N8O/c24-15(22-7-1-2-8-22)11-21-9-5-12(6-10-21)16-13-3-4-14-17-19-20-23(14)18-13/h3-4,12H,1-2,5-11H2,(H,16,18). The predicted octanol–water partition coefficient (Wildman–Crippen LogP) is 0.0180. The lowest BCUT2D eigenvalue weighted by Crippen LogP contribution is -2.44. The van der Waals surface area contributed by atoms with Crippen LogP contribution in [0.5, 0.6) is 0 Å². The highest BCUT2D eigenvalue weighted by atomic mass is 16.2. The number of amides is 1. The molecule has 128 valence electrons. The Balaban J connectivity index is 1.27. The number of hydrogen-bond acceptors (Lipinski definition) is 7. The lowest BCUT2D eigenvalue weighted by Gasteiger charge is -2.32. The van der Waals surface area contributed by atoms with E-state index in [9.17, 15) is 4.79 Å². The molecule has 24 heavy (non-hydrogen) atoms. The van der Waals surface area contributed by atoms with Gasteiger partial charge in [-0.15, -0.1) is 14.8 Å². The number of nitrogens with zero attached hydrogens (tertiary/aromatic N) is 7. The molecule has 0 aliphatic carbocycles. The maximum absolute atomic E-state index is 12.2. The Hall–Kier alpha value is -2.29. The average Bonchev–Trinajstić information content (AvgIpc) is 3.27. The molecule has 0 radical (unpaired) electrons. The molecule has 0 spiro atoms. The van der Waals surface area contributed by atoms with Crippen molar-refractivity contribution in [2.75, 3.05) is 38.0 Å². The number of nitrogens with one attached hydrogen (secondary N) is 1. The Bertz CT molecular complexity index is 702. The summed E-state index contributed by atoms with van der Waals surface area (Å²) < 4.78 is 1.42. The van der Waals surface area contributed by atoms with Crippen LogP contribution in [0.3, 0.4) is 0 Å². The highest BCUT2D eigenvalue weighted by Gasteiger charge is 2.24. The first-order chi connectivity index (χ1) is 11.8. The van der Waals surface area contributed by atoms with Gasteiger partial charge in [-0.05, 0) is 48.2 Å². The van der Waals surface area contributed by atoms with E-state index in [0.29, 0.717) is 18.2 Å². The minimum atomic E-state index is 0.282. The van der Waals surface area contributed by atoms with Gasteiger partial charge in [0.15, 0.2) is 5.65 Å². The first-order valence-corrected chi connectivity index (χ1v) is 8.60. The van der Waals surface area contributed by atoms with Crippen LogP contribution in [0.4, 0.5) is 5.82 Å². The molecule has 2 aliphatic heterocycles. The van der Waals surface area contributed by atoms with Crippen LogP contribution in [0.15, 0.2) is 12.1 Å². The number of carbonyl (C=O) groups is 1. The average molecular weight is 330 g/mol. The van der Waals surface area contributed by atoms with Crippen molar-refractivity contribution in [3.8, 4) is 0 Å². The summed E-state index contributed by atoms with van der Waals surface area (Å²) in [6.45, 7) is 4.29. The zero-order valence-electron chi connectivity index (χ0n) is 13.6. The van der Waals surface area contributed by atoms with Crippen molar-refractivity contribution in [1.82, 2.24) is 35.1 Å². The van der Waals surface area contributed by atoms with Crippen LogP contribution in [0.2, 0.25) is 0 Å². The molecule has 0 saturated carbocycles. The summed E-state index contributed by atoms with van der Waals surface area (Å²) in [7, 11) is 0. The first kappa shape index (κ1) is 15.3. The number of likely N-dealkylation sites (tertiary alicyclic amines) is 2. The smallest absolute Gasteiger partial charge is 0.236 e. The van der Waals surface area contributed by atoms with Crippen LogP contribution in [0.1, 0.15) is 25.7 Å². The monoisotopic (exact) mass is 330 g/mol. The molecule has 0 atom stereocenters. The molecule has 2 saturated heterocycles. The summed E-state index contributed by atoms with van der Waals surface area (Å²) in [5.41, 5.74) is 0.635. The normalized spacial score (nSPS) is 19.9. The molecule has 1 N–H and O–H groups in total. The number of anilines is 1. The minimum absolute atomic E-state index is 0.282. The molecule has 2 aromatic heterocycles. The second-order valence-corrected chi connectivity index (χ2v) is 6.53. The second kappa shape index (κ2) is 6.68. The van der Waals surface area contributed by atoms with Crippen molar-refractivity contribution in [2.24, 2.45) is 0 Å². The van der Waals surface area contributed by atoms with E-state index < -0.39 is 0 Å². The van der Waals surface area contributed by atoms with Gasteiger partial charge in [0, 0.05) is 32.2 Å². The molecule has 2 fully saturated rings. The number of aromatic nitrogens is 5. The lowest BCUT2D eigenvalue weighted by molar-refractivity contribution is -0.131. The number of fused-ring (bicyclic) bond motifs is 1. The van der Waals surface area contributed by atoms with Gasteiger partial charge in [-0.2, -0.15) is 0 Å². The Labute approximate surface area is 140 Å². The largest absolute Gasteiger partial charge is 0.366 e. The van der Waals surface area contributed by atoms with E-state index in [1.807, 2.05) is 17.0 Å². The number of tetrazole rings is 1. The zero-order chi connectivity index (χ0) is 16.4. The molecule has 1 amide bonds. The quantitative estimate of drug-likeness (QED) is 0.845. The third kappa shape index (κ3) is 3.30. The summed E-state index contributed by atoms with van der Waals surface area (Å²) in [6, 6.07) is 4.11. The summed E-state index contributed by atoms with van der Waals surface area (Å²) >= 11 is 0. The highest BCUT2D eigenvalue weighted by molar-refractivity contribution is 5.78. The van der Waals surface area contributed by atoms with E-state index in [2.05, 4.69) is 30.8 Å². The minimum Gasteiger partial charge on any atom is -0.366 e. The van der Waals surface area contributed by atoms with Crippen molar-refractivity contribution in [2.45, 2.75) is 31.7 Å². The zero-order valence-corrected chi connectivity index (χ0v) is 13.6. The first-order valence-electron chi connectivity index (χ1n) is 8.60. The van der Waals surface area contributed by atoms with E-state index in [4.69, 9.17) is 0 Å². The van der Waals surface area contributed by atoms with Gasteiger partial charge in [0.1, 0.15) is 5.82 Å². The fraction of sp³-hybridized carbons (Fsp3) is 0.667. The number of hydrogen-bond donors (Lipinski definition) is 1. The third-order valence-electron chi connectivity index (χ3n) is 4.83. The van der Waals surface area contributed by atoms with Gasteiger partial charge < -0.3 is 10.2 Å². The Morgan fingerprint density at radius 3 is 2.75 bits per heavy atom. The van der Waals surface area contributed by atoms with Crippen molar-refractivity contribution >= 4 is 17.4 Å². The van der Waals surface area contributed by atoms with E-state index in [-0.39, 0.29) is 5.91 Å². The molecule has 4 heterocycles. The fourth-order valence-corrected chi connectivity index (χ4v) is 3.43.